The van der Waals surface area contributed by atoms with Crippen LogP contribution in [0.2, 0.25) is 0 Å². The second-order valence-corrected chi connectivity index (χ2v) is 6.95. The van der Waals surface area contributed by atoms with E-state index in [1.807, 2.05) is 25.2 Å². The SMILES string of the molecule is C=CC1=C(/C=C\C)NC(=O)C1(CC)CCN(CC)CCOc1cnc(CO)nc1. The second kappa shape index (κ2) is 10.9. The van der Waals surface area contributed by atoms with E-state index in [1.165, 1.54) is 0 Å². The number of nitrogens with one attached hydrogen (secondary N) is 1. The molecule has 1 amide bonds. The van der Waals surface area contributed by atoms with Crippen LogP contribution in [-0.4, -0.2) is 52.1 Å². The summed E-state index contributed by atoms with van der Waals surface area (Å²) < 4.78 is 5.71. The molecule has 0 saturated heterocycles. The molecule has 7 heteroatoms. The Bertz CT molecular complexity index is 758. The quantitative estimate of drug-likeness (QED) is 0.561. The van der Waals surface area contributed by atoms with E-state index in [9.17, 15) is 4.79 Å². The number of aromatic nitrogens is 2. The first kappa shape index (κ1) is 22.8. The molecule has 0 spiro atoms. The Labute approximate surface area is 173 Å². The lowest BCUT2D eigenvalue weighted by molar-refractivity contribution is -0.127. The summed E-state index contributed by atoms with van der Waals surface area (Å²) in [5.74, 6) is 0.998. The summed E-state index contributed by atoms with van der Waals surface area (Å²) in [6.07, 6.45) is 10.2. The molecule has 0 radical (unpaired) electrons. The average molecular weight is 401 g/mol. The van der Waals surface area contributed by atoms with Crippen molar-refractivity contribution in [2.75, 3.05) is 26.2 Å². The number of hydrogen-bond donors (Lipinski definition) is 2. The fourth-order valence-electron chi connectivity index (χ4n) is 3.64. The lowest BCUT2D eigenvalue weighted by Gasteiger charge is -2.30. The van der Waals surface area contributed by atoms with Crippen LogP contribution in [0.3, 0.4) is 0 Å². The van der Waals surface area contributed by atoms with Gasteiger partial charge in [-0.25, -0.2) is 9.97 Å². The number of allylic oxidation sites excluding steroid dienone is 3. The van der Waals surface area contributed by atoms with Crippen molar-refractivity contribution in [3.05, 3.63) is 54.3 Å². The molecule has 2 N–H and O–H groups in total. The molecule has 0 bridgehead atoms. The van der Waals surface area contributed by atoms with E-state index in [4.69, 9.17) is 9.84 Å². The lowest BCUT2D eigenvalue weighted by Crippen LogP contribution is -2.38. The van der Waals surface area contributed by atoms with E-state index in [0.717, 1.165) is 43.7 Å². The van der Waals surface area contributed by atoms with Gasteiger partial charge in [0.25, 0.3) is 0 Å². The van der Waals surface area contributed by atoms with Crippen LogP contribution in [0.1, 0.15) is 39.4 Å². The molecular weight excluding hydrogens is 368 g/mol. The molecule has 1 unspecified atom stereocenters. The van der Waals surface area contributed by atoms with Gasteiger partial charge in [0.05, 0.1) is 17.8 Å². The average Bonchev–Trinajstić information content (AvgIpc) is 3.01. The molecule has 29 heavy (non-hydrogen) atoms. The van der Waals surface area contributed by atoms with E-state index < -0.39 is 5.41 Å². The van der Waals surface area contributed by atoms with Gasteiger partial charge in [-0.15, -0.1) is 0 Å². The summed E-state index contributed by atoms with van der Waals surface area (Å²) in [6.45, 7) is 12.7. The van der Waals surface area contributed by atoms with Gasteiger partial charge >= 0.3 is 0 Å². The topological polar surface area (TPSA) is 87.6 Å². The minimum Gasteiger partial charge on any atom is -0.489 e. The Morgan fingerprint density at radius 3 is 2.59 bits per heavy atom. The highest BCUT2D eigenvalue weighted by molar-refractivity contribution is 5.92. The number of rotatable bonds is 12. The van der Waals surface area contributed by atoms with Gasteiger partial charge in [-0.2, -0.15) is 0 Å². The van der Waals surface area contributed by atoms with Crippen molar-refractivity contribution in [2.45, 2.75) is 40.2 Å². The normalized spacial score (nSPS) is 19.3. The summed E-state index contributed by atoms with van der Waals surface area (Å²) in [5, 5.41) is 12.0. The van der Waals surface area contributed by atoms with Gasteiger partial charge in [-0.1, -0.05) is 32.6 Å². The maximum atomic E-state index is 12.8. The first-order valence-electron chi connectivity index (χ1n) is 10.1. The highest BCUT2D eigenvalue weighted by atomic mass is 16.5. The van der Waals surface area contributed by atoms with Crippen molar-refractivity contribution >= 4 is 5.91 Å². The van der Waals surface area contributed by atoms with Crippen LogP contribution in [0.5, 0.6) is 5.75 Å². The molecule has 1 aliphatic rings. The molecule has 7 nitrogen and oxygen atoms in total. The maximum Gasteiger partial charge on any atom is 0.235 e. The Kier molecular flexibility index (Phi) is 8.54. The van der Waals surface area contributed by atoms with Gasteiger partial charge in [0, 0.05) is 12.2 Å². The third-order valence-corrected chi connectivity index (χ3v) is 5.43. The maximum absolute atomic E-state index is 12.8. The first-order chi connectivity index (χ1) is 14.0. The number of carbonyl (C=O) groups excluding carboxylic acids is 1. The van der Waals surface area contributed by atoms with E-state index in [1.54, 1.807) is 12.4 Å². The van der Waals surface area contributed by atoms with Crippen LogP contribution in [0, 0.1) is 5.41 Å². The fraction of sp³-hybridized carbons (Fsp3) is 0.500. The van der Waals surface area contributed by atoms with Gasteiger partial charge in [-0.05, 0) is 44.5 Å². The van der Waals surface area contributed by atoms with Gasteiger partial charge in [0.1, 0.15) is 13.2 Å². The first-order valence-corrected chi connectivity index (χ1v) is 10.1. The summed E-state index contributed by atoms with van der Waals surface area (Å²) in [4.78, 5) is 23.1. The molecule has 0 fully saturated rings. The summed E-state index contributed by atoms with van der Waals surface area (Å²) >= 11 is 0. The van der Waals surface area contributed by atoms with Gasteiger partial charge in [0.15, 0.2) is 11.6 Å². The van der Waals surface area contributed by atoms with Crippen molar-refractivity contribution in [3.63, 3.8) is 0 Å². The molecule has 0 aromatic carbocycles. The zero-order chi connectivity index (χ0) is 21.3. The van der Waals surface area contributed by atoms with Crippen LogP contribution in [0.25, 0.3) is 0 Å². The number of likely N-dealkylation sites (N-methyl/N-ethyl adjacent to an activating group) is 1. The third-order valence-electron chi connectivity index (χ3n) is 5.43. The largest absolute Gasteiger partial charge is 0.489 e. The Morgan fingerprint density at radius 1 is 1.31 bits per heavy atom. The number of hydrogen-bond acceptors (Lipinski definition) is 6. The zero-order valence-electron chi connectivity index (χ0n) is 17.6. The molecular formula is C22H32N4O3. The van der Waals surface area contributed by atoms with Crippen LogP contribution in [-0.2, 0) is 11.4 Å². The third kappa shape index (κ3) is 5.31. The van der Waals surface area contributed by atoms with Crippen LogP contribution >= 0.6 is 0 Å². The molecule has 0 saturated carbocycles. The van der Waals surface area contributed by atoms with Crippen LogP contribution < -0.4 is 10.1 Å². The van der Waals surface area contributed by atoms with Crippen LogP contribution in [0.15, 0.2) is 48.5 Å². The van der Waals surface area contributed by atoms with Crippen molar-refractivity contribution < 1.29 is 14.6 Å². The second-order valence-electron chi connectivity index (χ2n) is 6.95. The predicted octanol–water partition coefficient (Wildman–Crippen LogP) is 2.60. The summed E-state index contributed by atoms with van der Waals surface area (Å²) in [7, 11) is 0. The van der Waals surface area contributed by atoms with Crippen molar-refractivity contribution in [2.24, 2.45) is 5.41 Å². The van der Waals surface area contributed by atoms with E-state index in [0.29, 0.717) is 18.2 Å². The van der Waals surface area contributed by atoms with E-state index in [-0.39, 0.29) is 12.5 Å². The minimum absolute atomic E-state index is 0.0522. The summed E-state index contributed by atoms with van der Waals surface area (Å²) in [5.41, 5.74) is 1.29. The highest BCUT2D eigenvalue weighted by Gasteiger charge is 2.45. The number of carbonyl (C=O) groups is 1. The van der Waals surface area contributed by atoms with Crippen LogP contribution in [0.4, 0.5) is 0 Å². The van der Waals surface area contributed by atoms with Crippen molar-refractivity contribution in [3.8, 4) is 5.75 Å². The highest BCUT2D eigenvalue weighted by Crippen LogP contribution is 2.42. The van der Waals surface area contributed by atoms with Gasteiger partial charge < -0.3 is 20.1 Å². The van der Waals surface area contributed by atoms with Gasteiger partial charge in [-0.3, -0.25) is 4.79 Å². The Hall–Kier alpha value is -2.51. The molecule has 0 aliphatic carbocycles. The molecule has 158 valence electrons. The smallest absolute Gasteiger partial charge is 0.235 e. The van der Waals surface area contributed by atoms with Crippen molar-refractivity contribution in [1.29, 1.82) is 0 Å². The van der Waals surface area contributed by atoms with E-state index in [2.05, 4.69) is 40.6 Å². The minimum atomic E-state index is -0.543. The monoisotopic (exact) mass is 400 g/mol. The molecule has 1 atom stereocenters. The number of nitrogens with zero attached hydrogens (tertiary/aromatic N) is 3. The number of aliphatic hydroxyl groups is 1. The lowest BCUT2D eigenvalue weighted by atomic mass is 9.75. The summed E-state index contributed by atoms with van der Waals surface area (Å²) in [6, 6.07) is 0. The van der Waals surface area contributed by atoms with Crippen molar-refractivity contribution in [1.82, 2.24) is 20.2 Å². The number of ether oxygens (including phenoxy) is 1. The zero-order valence-corrected chi connectivity index (χ0v) is 17.6. The molecule has 1 aliphatic heterocycles. The molecule has 2 heterocycles. The molecule has 1 aromatic heterocycles. The predicted molar refractivity (Wildman–Crippen MR) is 113 cm³/mol. The van der Waals surface area contributed by atoms with Gasteiger partial charge in [0.2, 0.25) is 5.91 Å². The molecule has 2 rings (SSSR count). The Balaban J connectivity index is 1.97. The number of aliphatic hydroxyl groups excluding tert-OH is 1. The number of amides is 1. The molecule has 1 aromatic rings. The Morgan fingerprint density at radius 2 is 2.03 bits per heavy atom. The standard InChI is InChI=1S/C22H32N4O3/c1-5-9-19-18(6-2)22(7-3,21(28)25-19)10-11-26(8-4)12-13-29-17-14-23-20(16-27)24-15-17/h5-6,9,14-15,27H,2,7-8,10-13,16H2,1,3-4H3,(H,25,28)/b9-5-. The fourth-order valence-corrected chi connectivity index (χ4v) is 3.64. The van der Waals surface area contributed by atoms with E-state index >= 15 is 0 Å².